The molecule has 4 atom stereocenters. The van der Waals surface area contributed by atoms with Gasteiger partial charge in [-0.25, -0.2) is 0 Å². The molecule has 1 saturated heterocycles. The number of rotatable bonds is 7. The molecule has 1 heterocycles. The van der Waals surface area contributed by atoms with Gasteiger partial charge < -0.3 is 20.4 Å². The topological polar surface area (TPSA) is 140 Å². The van der Waals surface area contributed by atoms with Crippen LogP contribution in [0.4, 0.5) is 0 Å². The molecule has 0 amide bonds. The van der Waals surface area contributed by atoms with Crippen molar-refractivity contribution >= 4 is 11.6 Å². The Hall–Kier alpha value is -1.16. The molecule has 0 unspecified atom stereocenters. The fraction of sp³-hybridized carbons (Fsp3) is 0.636. The van der Waals surface area contributed by atoms with Crippen LogP contribution in [-0.2, 0) is 19.4 Å². The van der Waals surface area contributed by atoms with E-state index < -0.39 is 41.8 Å². The van der Waals surface area contributed by atoms with Crippen LogP contribution in [0.1, 0.15) is 13.8 Å². The van der Waals surface area contributed by atoms with Gasteiger partial charge in [0.05, 0.1) is 6.10 Å². The average molecular weight is 276 g/mol. The maximum atomic E-state index is 11.9. The lowest BCUT2D eigenvalue weighted by molar-refractivity contribution is -0.166. The summed E-state index contributed by atoms with van der Waals surface area (Å²) >= 11 is 0. The van der Waals surface area contributed by atoms with Crippen molar-refractivity contribution in [1.82, 2.24) is 0 Å². The Morgan fingerprint density at radius 1 is 1.26 bits per heavy atom. The molecule has 0 bridgehead atoms. The molecule has 108 valence electrons. The standard InChI is InChI=1S/C11H16O8/c1-4(2)11(17,8(15)6(13)5(3)12)9(16)7(14)10-18-19-10/h5-6,8,10,12-13,15,17H,1H2,2-3H3/t5-,6+,8+,11-/m1/s1. The Labute approximate surface area is 108 Å². The molecule has 0 aromatic carbocycles. The van der Waals surface area contributed by atoms with Crippen LogP contribution >= 0.6 is 0 Å². The van der Waals surface area contributed by atoms with Crippen molar-refractivity contribution in [3.8, 4) is 0 Å². The Morgan fingerprint density at radius 2 is 1.74 bits per heavy atom. The van der Waals surface area contributed by atoms with Crippen molar-refractivity contribution in [3.05, 3.63) is 12.2 Å². The van der Waals surface area contributed by atoms with E-state index in [1.54, 1.807) is 0 Å². The summed E-state index contributed by atoms with van der Waals surface area (Å²) in [4.78, 5) is 31.7. The number of hydrogen-bond donors (Lipinski definition) is 4. The van der Waals surface area contributed by atoms with Gasteiger partial charge in [-0.3, -0.25) is 9.59 Å². The first kappa shape index (κ1) is 15.9. The third-order valence-corrected chi connectivity index (χ3v) is 2.87. The number of hydrogen-bond acceptors (Lipinski definition) is 8. The summed E-state index contributed by atoms with van der Waals surface area (Å²) in [6.07, 6.45) is -6.83. The minimum atomic E-state index is -2.73. The molecule has 1 rings (SSSR count). The molecule has 1 fully saturated rings. The zero-order chi connectivity index (χ0) is 15.0. The van der Waals surface area contributed by atoms with Gasteiger partial charge in [0.25, 0.3) is 12.1 Å². The van der Waals surface area contributed by atoms with E-state index in [-0.39, 0.29) is 5.57 Å². The second-order valence-electron chi connectivity index (χ2n) is 4.44. The van der Waals surface area contributed by atoms with Crippen LogP contribution in [0.15, 0.2) is 12.2 Å². The van der Waals surface area contributed by atoms with Crippen LogP contribution in [0.5, 0.6) is 0 Å². The van der Waals surface area contributed by atoms with Crippen molar-refractivity contribution in [2.45, 2.75) is 44.1 Å². The summed E-state index contributed by atoms with van der Waals surface area (Å²) in [5.41, 5.74) is -3.00. The molecule has 1 aliphatic heterocycles. The summed E-state index contributed by atoms with van der Waals surface area (Å²) in [5, 5.41) is 38.7. The summed E-state index contributed by atoms with van der Waals surface area (Å²) in [5.74, 6) is -2.66. The quantitative estimate of drug-likeness (QED) is 0.178. The summed E-state index contributed by atoms with van der Waals surface area (Å²) in [6.45, 7) is 5.65. The van der Waals surface area contributed by atoms with E-state index >= 15 is 0 Å². The number of aliphatic hydroxyl groups excluding tert-OH is 3. The van der Waals surface area contributed by atoms with Crippen LogP contribution in [0.25, 0.3) is 0 Å². The third-order valence-electron chi connectivity index (χ3n) is 2.87. The molecule has 0 saturated carbocycles. The van der Waals surface area contributed by atoms with Crippen LogP contribution < -0.4 is 0 Å². The molecule has 0 radical (unpaired) electrons. The average Bonchev–Trinajstić information content (AvgIpc) is 3.17. The molecule has 19 heavy (non-hydrogen) atoms. The van der Waals surface area contributed by atoms with Gasteiger partial charge in [0.2, 0.25) is 5.78 Å². The largest absolute Gasteiger partial charge is 0.391 e. The fourth-order valence-electron chi connectivity index (χ4n) is 1.50. The van der Waals surface area contributed by atoms with Crippen molar-refractivity contribution in [2.24, 2.45) is 0 Å². The predicted molar refractivity (Wildman–Crippen MR) is 59.4 cm³/mol. The van der Waals surface area contributed by atoms with E-state index in [2.05, 4.69) is 16.4 Å². The first-order chi connectivity index (χ1) is 8.63. The molecule has 1 aliphatic rings. The highest BCUT2D eigenvalue weighted by Crippen LogP contribution is 2.27. The van der Waals surface area contributed by atoms with E-state index in [0.29, 0.717) is 0 Å². The van der Waals surface area contributed by atoms with Crippen LogP contribution in [-0.4, -0.2) is 62.2 Å². The predicted octanol–water partition coefficient (Wildman–Crippen LogP) is -2.18. The Kier molecular flexibility index (Phi) is 4.56. The molecular weight excluding hydrogens is 260 g/mol. The number of Topliss-reactive ketones (excluding diaryl/α,β-unsaturated/α-hetero) is 2. The Balaban J connectivity index is 3.05. The van der Waals surface area contributed by atoms with E-state index in [1.807, 2.05) is 0 Å². The van der Waals surface area contributed by atoms with Crippen molar-refractivity contribution in [2.75, 3.05) is 0 Å². The van der Waals surface area contributed by atoms with E-state index in [1.165, 1.54) is 6.92 Å². The number of carbonyl (C=O) groups excluding carboxylic acids is 2. The van der Waals surface area contributed by atoms with Crippen LogP contribution in [0, 0.1) is 0 Å². The fourth-order valence-corrected chi connectivity index (χ4v) is 1.50. The maximum Gasteiger partial charge on any atom is 0.289 e. The third kappa shape index (κ3) is 2.89. The summed E-state index contributed by atoms with van der Waals surface area (Å²) in [6, 6.07) is 0. The monoisotopic (exact) mass is 276 g/mol. The highest BCUT2D eigenvalue weighted by atomic mass is 17.4. The van der Waals surface area contributed by atoms with Gasteiger partial charge in [0.15, 0.2) is 5.60 Å². The second kappa shape index (κ2) is 5.45. The Bertz CT molecular complexity index is 399. The molecule has 4 N–H and O–H groups in total. The first-order valence-corrected chi connectivity index (χ1v) is 5.47. The summed E-state index contributed by atoms with van der Waals surface area (Å²) < 4.78 is 0. The normalized spacial score (nSPS) is 23.1. The smallest absolute Gasteiger partial charge is 0.289 e. The van der Waals surface area contributed by atoms with E-state index in [9.17, 15) is 30.0 Å². The SMILES string of the molecule is C=C(C)[C@](O)(C(=O)C(=O)C1OO1)[C@@H](O)[C@@H](O)[C@@H](C)O. The second-order valence-corrected chi connectivity index (χ2v) is 4.44. The van der Waals surface area contributed by atoms with Gasteiger partial charge >= 0.3 is 0 Å². The molecule has 0 aliphatic carbocycles. The van der Waals surface area contributed by atoms with Gasteiger partial charge in [0.1, 0.15) is 12.2 Å². The van der Waals surface area contributed by atoms with Gasteiger partial charge in [-0.2, -0.15) is 9.78 Å². The molecular formula is C11H16O8. The van der Waals surface area contributed by atoms with E-state index in [4.69, 9.17) is 0 Å². The van der Waals surface area contributed by atoms with Gasteiger partial charge in [0, 0.05) is 0 Å². The lowest BCUT2D eigenvalue weighted by Crippen LogP contribution is -2.60. The van der Waals surface area contributed by atoms with Crippen LogP contribution in [0.2, 0.25) is 0 Å². The number of carbonyl (C=O) groups is 2. The van der Waals surface area contributed by atoms with Gasteiger partial charge in [-0.05, 0) is 19.4 Å². The van der Waals surface area contributed by atoms with Crippen molar-refractivity contribution < 1.29 is 39.8 Å². The Morgan fingerprint density at radius 3 is 2.05 bits per heavy atom. The van der Waals surface area contributed by atoms with Crippen LogP contribution in [0.3, 0.4) is 0 Å². The lowest BCUT2D eigenvalue weighted by Gasteiger charge is -2.34. The van der Waals surface area contributed by atoms with Crippen molar-refractivity contribution in [3.63, 3.8) is 0 Å². The molecule has 0 spiro atoms. The minimum Gasteiger partial charge on any atom is -0.391 e. The van der Waals surface area contributed by atoms with Gasteiger partial charge in [-0.1, -0.05) is 6.58 Å². The van der Waals surface area contributed by atoms with E-state index in [0.717, 1.165) is 6.92 Å². The highest BCUT2D eigenvalue weighted by Gasteiger charge is 2.54. The van der Waals surface area contributed by atoms with Gasteiger partial charge in [-0.15, -0.1) is 0 Å². The number of aliphatic hydroxyl groups is 4. The zero-order valence-electron chi connectivity index (χ0n) is 10.4. The lowest BCUT2D eigenvalue weighted by atomic mass is 9.80. The molecule has 8 nitrogen and oxygen atoms in total. The molecule has 8 heteroatoms. The molecule has 0 aromatic heterocycles. The highest BCUT2D eigenvalue weighted by molar-refractivity contribution is 6.42. The first-order valence-electron chi connectivity index (χ1n) is 5.47. The minimum absolute atomic E-state index is 0.265. The summed E-state index contributed by atoms with van der Waals surface area (Å²) in [7, 11) is 0. The molecule has 0 aromatic rings. The van der Waals surface area contributed by atoms with Crippen molar-refractivity contribution in [1.29, 1.82) is 0 Å². The zero-order valence-corrected chi connectivity index (χ0v) is 10.4. The maximum absolute atomic E-state index is 11.9. The number of ketones is 2.